The van der Waals surface area contributed by atoms with Crippen LogP contribution in [0.25, 0.3) is 0 Å². The molecule has 2 atom stereocenters. The number of allylic oxidation sites excluding steroid dienone is 1. The van der Waals surface area contributed by atoms with Crippen molar-refractivity contribution in [2.24, 2.45) is 11.7 Å². The zero-order valence-electron chi connectivity index (χ0n) is 6.22. The highest BCUT2D eigenvalue weighted by atomic mass is 14.6. The second-order valence-electron chi connectivity index (χ2n) is 3.22. The number of hydrogen-bond donors (Lipinski definition) is 1. The molecule has 0 spiro atoms. The third kappa shape index (κ3) is 1.83. The smallest absolute Gasteiger partial charge is 0.0228 e. The second kappa shape index (κ2) is 2.53. The summed E-state index contributed by atoms with van der Waals surface area (Å²) >= 11 is 0. The predicted octanol–water partition coefficient (Wildman–Crippen LogP) is 1.69. The molecule has 0 amide bonds. The highest BCUT2D eigenvalue weighted by molar-refractivity contribution is 5.08. The summed E-state index contributed by atoms with van der Waals surface area (Å²) in [5.74, 6) is 0.796. The first-order valence-corrected chi connectivity index (χ1v) is 3.61. The minimum absolute atomic E-state index is 0.328. The van der Waals surface area contributed by atoms with Crippen molar-refractivity contribution in [2.45, 2.75) is 32.7 Å². The molecule has 0 heterocycles. The molecule has 0 radical (unpaired) electrons. The average molecular weight is 125 g/mol. The van der Waals surface area contributed by atoms with Crippen molar-refractivity contribution in [3.63, 3.8) is 0 Å². The fraction of sp³-hybridized carbons (Fsp3) is 0.750. The summed E-state index contributed by atoms with van der Waals surface area (Å²) < 4.78 is 0. The lowest BCUT2D eigenvalue weighted by atomic mass is 9.88. The maximum atomic E-state index is 5.74. The summed E-state index contributed by atoms with van der Waals surface area (Å²) in [5, 5.41) is 0. The van der Waals surface area contributed by atoms with E-state index in [0.717, 1.165) is 12.3 Å². The van der Waals surface area contributed by atoms with Crippen molar-refractivity contribution in [3.05, 3.63) is 11.6 Å². The monoisotopic (exact) mass is 125 g/mol. The van der Waals surface area contributed by atoms with Gasteiger partial charge in [-0.2, -0.15) is 0 Å². The zero-order valence-corrected chi connectivity index (χ0v) is 6.22. The summed E-state index contributed by atoms with van der Waals surface area (Å²) in [5.41, 5.74) is 7.20. The van der Waals surface area contributed by atoms with Crippen LogP contribution in [0.5, 0.6) is 0 Å². The van der Waals surface area contributed by atoms with Crippen LogP contribution in [0.15, 0.2) is 11.6 Å². The molecule has 0 bridgehead atoms. The minimum Gasteiger partial charge on any atom is -0.324 e. The Kier molecular flexibility index (Phi) is 1.91. The normalized spacial score (nSPS) is 36.1. The molecule has 0 fully saturated rings. The van der Waals surface area contributed by atoms with Gasteiger partial charge in [-0.1, -0.05) is 18.6 Å². The van der Waals surface area contributed by atoms with Crippen LogP contribution in [0.2, 0.25) is 0 Å². The standard InChI is InChI=1S/C8H15N/c1-6-3-7(2)5-8(9)4-6/h4,7-8H,3,5,9H2,1-2H3/t7-,8+/m1/s1. The van der Waals surface area contributed by atoms with Crippen molar-refractivity contribution in [3.8, 4) is 0 Å². The topological polar surface area (TPSA) is 26.0 Å². The van der Waals surface area contributed by atoms with Crippen LogP contribution in [-0.2, 0) is 0 Å². The van der Waals surface area contributed by atoms with E-state index >= 15 is 0 Å². The van der Waals surface area contributed by atoms with E-state index in [1.165, 1.54) is 12.0 Å². The first-order chi connectivity index (χ1) is 4.18. The SMILES string of the molecule is CC1=C[C@H](N)C[C@H](C)C1. The number of hydrogen-bond acceptors (Lipinski definition) is 1. The van der Waals surface area contributed by atoms with Gasteiger partial charge in [0.1, 0.15) is 0 Å². The van der Waals surface area contributed by atoms with E-state index in [4.69, 9.17) is 5.73 Å². The van der Waals surface area contributed by atoms with Gasteiger partial charge in [0, 0.05) is 6.04 Å². The van der Waals surface area contributed by atoms with Crippen LogP contribution in [-0.4, -0.2) is 6.04 Å². The Hall–Kier alpha value is -0.300. The quantitative estimate of drug-likeness (QED) is 0.490. The summed E-state index contributed by atoms with van der Waals surface area (Å²) in [6.07, 6.45) is 4.59. The molecule has 1 heteroatoms. The van der Waals surface area contributed by atoms with Gasteiger partial charge in [-0.25, -0.2) is 0 Å². The van der Waals surface area contributed by atoms with Crippen LogP contribution in [0.1, 0.15) is 26.7 Å². The van der Waals surface area contributed by atoms with E-state index < -0.39 is 0 Å². The summed E-state index contributed by atoms with van der Waals surface area (Å²) in [7, 11) is 0. The summed E-state index contributed by atoms with van der Waals surface area (Å²) in [6, 6.07) is 0.328. The Morgan fingerprint density at radius 2 is 2.33 bits per heavy atom. The molecule has 1 aliphatic rings. The first-order valence-electron chi connectivity index (χ1n) is 3.61. The van der Waals surface area contributed by atoms with Crippen LogP contribution < -0.4 is 5.73 Å². The van der Waals surface area contributed by atoms with Gasteiger partial charge < -0.3 is 5.73 Å². The van der Waals surface area contributed by atoms with Gasteiger partial charge in [0.15, 0.2) is 0 Å². The molecule has 0 aliphatic heterocycles. The van der Waals surface area contributed by atoms with Crippen molar-refractivity contribution in [1.29, 1.82) is 0 Å². The van der Waals surface area contributed by atoms with E-state index in [1.54, 1.807) is 0 Å². The third-order valence-corrected chi connectivity index (χ3v) is 1.84. The van der Waals surface area contributed by atoms with E-state index in [-0.39, 0.29) is 0 Å². The van der Waals surface area contributed by atoms with Gasteiger partial charge in [0.05, 0.1) is 0 Å². The lowest BCUT2D eigenvalue weighted by molar-refractivity contribution is 0.472. The fourth-order valence-corrected chi connectivity index (χ4v) is 1.60. The molecular weight excluding hydrogens is 110 g/mol. The maximum Gasteiger partial charge on any atom is 0.0228 e. The van der Waals surface area contributed by atoms with Crippen molar-refractivity contribution in [1.82, 2.24) is 0 Å². The van der Waals surface area contributed by atoms with Gasteiger partial charge >= 0.3 is 0 Å². The predicted molar refractivity (Wildman–Crippen MR) is 40.1 cm³/mol. The van der Waals surface area contributed by atoms with Gasteiger partial charge in [-0.15, -0.1) is 0 Å². The molecular formula is C8H15N. The maximum absolute atomic E-state index is 5.74. The molecule has 0 aromatic rings. The average Bonchev–Trinajstić information content (AvgIpc) is 1.59. The van der Waals surface area contributed by atoms with Gasteiger partial charge in [0.25, 0.3) is 0 Å². The van der Waals surface area contributed by atoms with E-state index in [1.807, 2.05) is 0 Å². The highest BCUT2D eigenvalue weighted by Gasteiger charge is 2.12. The Morgan fingerprint density at radius 1 is 1.67 bits per heavy atom. The van der Waals surface area contributed by atoms with Crippen molar-refractivity contribution in [2.75, 3.05) is 0 Å². The summed E-state index contributed by atoms with van der Waals surface area (Å²) in [4.78, 5) is 0. The second-order valence-corrected chi connectivity index (χ2v) is 3.22. The molecule has 0 saturated heterocycles. The Bertz CT molecular complexity index is 127. The van der Waals surface area contributed by atoms with E-state index in [9.17, 15) is 0 Å². The molecule has 52 valence electrons. The molecule has 0 aromatic heterocycles. The molecule has 1 nitrogen and oxygen atoms in total. The van der Waals surface area contributed by atoms with Crippen LogP contribution in [0.4, 0.5) is 0 Å². The first kappa shape index (κ1) is 6.81. The molecule has 9 heavy (non-hydrogen) atoms. The van der Waals surface area contributed by atoms with Gasteiger partial charge in [-0.05, 0) is 25.7 Å². The van der Waals surface area contributed by atoms with Crippen LogP contribution in [0, 0.1) is 5.92 Å². The van der Waals surface area contributed by atoms with E-state index in [0.29, 0.717) is 6.04 Å². The fourth-order valence-electron chi connectivity index (χ4n) is 1.60. The van der Waals surface area contributed by atoms with E-state index in [2.05, 4.69) is 19.9 Å². The van der Waals surface area contributed by atoms with Gasteiger partial charge in [-0.3, -0.25) is 0 Å². The lowest BCUT2D eigenvalue weighted by Crippen LogP contribution is -2.24. The molecule has 0 saturated carbocycles. The molecule has 1 aliphatic carbocycles. The molecule has 2 N–H and O–H groups in total. The van der Waals surface area contributed by atoms with Crippen LogP contribution >= 0.6 is 0 Å². The van der Waals surface area contributed by atoms with Crippen molar-refractivity contribution < 1.29 is 0 Å². The zero-order chi connectivity index (χ0) is 6.85. The number of nitrogens with two attached hydrogens (primary N) is 1. The summed E-state index contributed by atoms with van der Waals surface area (Å²) in [6.45, 7) is 4.42. The van der Waals surface area contributed by atoms with Crippen LogP contribution in [0.3, 0.4) is 0 Å². The highest BCUT2D eigenvalue weighted by Crippen LogP contribution is 2.21. The lowest BCUT2D eigenvalue weighted by Gasteiger charge is -2.21. The van der Waals surface area contributed by atoms with Gasteiger partial charge in [0.2, 0.25) is 0 Å². The largest absolute Gasteiger partial charge is 0.324 e. The minimum atomic E-state index is 0.328. The Balaban J connectivity index is 2.56. The molecule has 1 rings (SSSR count). The molecule has 0 unspecified atom stereocenters. The Labute approximate surface area is 56.9 Å². The molecule has 0 aromatic carbocycles. The van der Waals surface area contributed by atoms with Crippen molar-refractivity contribution >= 4 is 0 Å². The number of rotatable bonds is 0. The Morgan fingerprint density at radius 3 is 2.78 bits per heavy atom. The third-order valence-electron chi connectivity index (χ3n) is 1.84.